The number of ether oxygens (including phenoxy) is 1. The van der Waals surface area contributed by atoms with E-state index in [1.165, 1.54) is 50.3 Å². The van der Waals surface area contributed by atoms with Gasteiger partial charge in [-0.3, -0.25) is 4.79 Å². The van der Waals surface area contributed by atoms with E-state index in [4.69, 9.17) is 0 Å². The molecule has 0 atom stereocenters. The van der Waals surface area contributed by atoms with Crippen LogP contribution in [-0.4, -0.2) is 18.6 Å². The summed E-state index contributed by atoms with van der Waals surface area (Å²) in [5.41, 5.74) is 0.763. The predicted octanol–water partition coefficient (Wildman–Crippen LogP) is 4.53. The molecule has 1 aromatic rings. The van der Waals surface area contributed by atoms with Gasteiger partial charge in [0.15, 0.2) is 0 Å². The van der Waals surface area contributed by atoms with Crippen LogP contribution in [0.3, 0.4) is 0 Å². The largest absolute Gasteiger partial charge is 0.435 e. The van der Waals surface area contributed by atoms with Crippen molar-refractivity contribution < 1.29 is 18.3 Å². The highest BCUT2D eigenvalue weighted by Crippen LogP contribution is 2.17. The first-order valence-electron chi connectivity index (χ1n) is 8.17. The first kappa shape index (κ1) is 17.4. The molecule has 0 heterocycles. The first-order chi connectivity index (χ1) is 11.1. The molecule has 0 saturated heterocycles. The molecule has 1 aromatic carbocycles. The molecule has 0 aliphatic heterocycles. The summed E-state index contributed by atoms with van der Waals surface area (Å²) in [6, 6.07) is 6.44. The Morgan fingerprint density at radius 1 is 1.09 bits per heavy atom. The molecule has 1 amide bonds. The van der Waals surface area contributed by atoms with Crippen LogP contribution in [-0.2, 0) is 4.79 Å². The second-order valence-corrected chi connectivity index (χ2v) is 5.83. The van der Waals surface area contributed by atoms with Crippen LogP contribution in [0.25, 0.3) is 6.08 Å². The predicted molar refractivity (Wildman–Crippen MR) is 86.4 cm³/mol. The van der Waals surface area contributed by atoms with Crippen molar-refractivity contribution in [2.45, 2.75) is 57.6 Å². The first-order valence-corrected chi connectivity index (χ1v) is 8.17. The van der Waals surface area contributed by atoms with Crippen LogP contribution in [0.2, 0.25) is 0 Å². The maximum atomic E-state index is 12.1. The highest BCUT2D eigenvalue weighted by Gasteiger charge is 2.12. The Bertz CT molecular complexity index is 506. The SMILES string of the molecule is O=C(/C=C/c1ccc(OC(F)F)cc1)NC1CCCCCCC1. The second-order valence-electron chi connectivity index (χ2n) is 5.83. The van der Waals surface area contributed by atoms with E-state index in [1.54, 1.807) is 18.2 Å². The average Bonchev–Trinajstić information content (AvgIpc) is 2.48. The van der Waals surface area contributed by atoms with Crippen molar-refractivity contribution in [1.29, 1.82) is 0 Å². The fourth-order valence-corrected chi connectivity index (χ4v) is 2.78. The average molecular weight is 323 g/mol. The zero-order valence-corrected chi connectivity index (χ0v) is 13.1. The van der Waals surface area contributed by atoms with Crippen molar-refractivity contribution in [3.8, 4) is 5.75 Å². The van der Waals surface area contributed by atoms with Crippen molar-refractivity contribution in [2.24, 2.45) is 0 Å². The maximum Gasteiger partial charge on any atom is 0.387 e. The van der Waals surface area contributed by atoms with E-state index in [2.05, 4.69) is 10.1 Å². The standard InChI is InChI=1S/C18H23F2NO2/c19-18(20)23-16-11-8-14(9-12-16)10-13-17(22)21-15-6-4-2-1-3-5-7-15/h8-13,15,18H,1-7H2,(H,21,22)/b13-10+. The summed E-state index contributed by atoms with van der Waals surface area (Å²) in [6.45, 7) is -2.83. The van der Waals surface area contributed by atoms with Gasteiger partial charge in [-0.25, -0.2) is 0 Å². The molecule has 0 spiro atoms. The molecular formula is C18H23F2NO2. The van der Waals surface area contributed by atoms with E-state index in [9.17, 15) is 13.6 Å². The highest BCUT2D eigenvalue weighted by molar-refractivity contribution is 5.91. The number of carbonyl (C=O) groups is 1. The van der Waals surface area contributed by atoms with Gasteiger partial charge in [-0.1, -0.05) is 44.2 Å². The molecule has 1 aliphatic rings. The Morgan fingerprint density at radius 3 is 2.30 bits per heavy atom. The van der Waals surface area contributed by atoms with Gasteiger partial charge in [0.25, 0.3) is 0 Å². The minimum atomic E-state index is -2.83. The van der Waals surface area contributed by atoms with Crippen molar-refractivity contribution in [1.82, 2.24) is 5.32 Å². The molecule has 0 aromatic heterocycles. The summed E-state index contributed by atoms with van der Waals surface area (Å²) in [4.78, 5) is 12.0. The molecule has 5 heteroatoms. The van der Waals surface area contributed by atoms with Crippen LogP contribution in [0.15, 0.2) is 30.3 Å². The fourth-order valence-electron chi connectivity index (χ4n) is 2.78. The molecule has 1 N–H and O–H groups in total. The van der Waals surface area contributed by atoms with Gasteiger partial charge in [0.2, 0.25) is 5.91 Å². The molecule has 0 unspecified atom stereocenters. The van der Waals surface area contributed by atoms with Crippen LogP contribution in [0, 0.1) is 0 Å². The van der Waals surface area contributed by atoms with Crippen LogP contribution in [0.5, 0.6) is 5.75 Å². The highest BCUT2D eigenvalue weighted by atomic mass is 19.3. The van der Waals surface area contributed by atoms with E-state index in [0.29, 0.717) is 0 Å². The fraction of sp³-hybridized carbons (Fsp3) is 0.500. The smallest absolute Gasteiger partial charge is 0.387 e. The van der Waals surface area contributed by atoms with E-state index < -0.39 is 6.61 Å². The molecule has 1 fully saturated rings. The van der Waals surface area contributed by atoms with Gasteiger partial charge in [0, 0.05) is 12.1 Å². The quantitative estimate of drug-likeness (QED) is 0.809. The van der Waals surface area contributed by atoms with Crippen LogP contribution >= 0.6 is 0 Å². The summed E-state index contributed by atoms with van der Waals surface area (Å²) in [5.74, 6) is -0.000368. The summed E-state index contributed by atoms with van der Waals surface area (Å²) in [7, 11) is 0. The number of carbonyl (C=O) groups excluding carboxylic acids is 1. The molecule has 1 aliphatic carbocycles. The van der Waals surface area contributed by atoms with Crippen LogP contribution in [0.4, 0.5) is 8.78 Å². The van der Waals surface area contributed by atoms with E-state index >= 15 is 0 Å². The van der Waals surface area contributed by atoms with Crippen molar-refractivity contribution >= 4 is 12.0 Å². The van der Waals surface area contributed by atoms with Gasteiger partial charge < -0.3 is 10.1 Å². The number of rotatable bonds is 5. The molecule has 3 nitrogen and oxygen atoms in total. The van der Waals surface area contributed by atoms with Gasteiger partial charge in [0.1, 0.15) is 5.75 Å². The molecule has 0 radical (unpaired) electrons. The Morgan fingerprint density at radius 2 is 1.70 bits per heavy atom. The minimum Gasteiger partial charge on any atom is -0.435 e. The molecule has 126 valence electrons. The number of hydrogen-bond donors (Lipinski definition) is 1. The van der Waals surface area contributed by atoms with E-state index in [-0.39, 0.29) is 17.7 Å². The number of alkyl halides is 2. The van der Waals surface area contributed by atoms with Gasteiger partial charge >= 0.3 is 6.61 Å². The number of nitrogens with one attached hydrogen (secondary N) is 1. The van der Waals surface area contributed by atoms with Crippen molar-refractivity contribution in [3.63, 3.8) is 0 Å². The lowest BCUT2D eigenvalue weighted by atomic mass is 9.97. The van der Waals surface area contributed by atoms with Gasteiger partial charge in [-0.15, -0.1) is 0 Å². The lowest BCUT2D eigenvalue weighted by molar-refractivity contribution is -0.117. The summed E-state index contributed by atoms with van der Waals surface area (Å²) < 4.78 is 28.4. The van der Waals surface area contributed by atoms with E-state index in [1.807, 2.05) is 0 Å². The van der Waals surface area contributed by atoms with Crippen molar-refractivity contribution in [2.75, 3.05) is 0 Å². The van der Waals surface area contributed by atoms with Crippen LogP contribution < -0.4 is 10.1 Å². The van der Waals surface area contributed by atoms with Gasteiger partial charge in [-0.05, 0) is 36.6 Å². The maximum absolute atomic E-state index is 12.1. The normalized spacial score (nSPS) is 17.0. The number of benzene rings is 1. The second kappa shape index (κ2) is 9.28. The summed E-state index contributed by atoms with van der Waals surface area (Å²) in [6.07, 6.45) is 11.4. The van der Waals surface area contributed by atoms with Gasteiger partial charge in [0.05, 0.1) is 0 Å². The number of amides is 1. The molecule has 2 rings (SSSR count). The Labute approximate surface area is 135 Å². The lowest BCUT2D eigenvalue weighted by Crippen LogP contribution is -2.34. The monoisotopic (exact) mass is 323 g/mol. The number of hydrogen-bond acceptors (Lipinski definition) is 2. The zero-order valence-electron chi connectivity index (χ0n) is 13.1. The van der Waals surface area contributed by atoms with Crippen molar-refractivity contribution in [3.05, 3.63) is 35.9 Å². The molecule has 23 heavy (non-hydrogen) atoms. The third kappa shape index (κ3) is 6.80. The third-order valence-electron chi connectivity index (χ3n) is 3.98. The molecular weight excluding hydrogens is 300 g/mol. The summed E-state index contributed by atoms with van der Waals surface area (Å²) in [5, 5.41) is 3.04. The van der Waals surface area contributed by atoms with Crippen LogP contribution in [0.1, 0.15) is 50.5 Å². The lowest BCUT2D eigenvalue weighted by Gasteiger charge is -2.20. The summed E-state index contributed by atoms with van der Waals surface area (Å²) >= 11 is 0. The zero-order chi connectivity index (χ0) is 16.5. The Balaban J connectivity index is 1.82. The third-order valence-corrected chi connectivity index (χ3v) is 3.98. The molecule has 0 bridgehead atoms. The number of halogens is 2. The molecule has 1 saturated carbocycles. The van der Waals surface area contributed by atoms with Gasteiger partial charge in [-0.2, -0.15) is 8.78 Å². The topological polar surface area (TPSA) is 38.3 Å². The van der Waals surface area contributed by atoms with E-state index in [0.717, 1.165) is 18.4 Å². The Kier molecular flexibility index (Phi) is 7.04. The Hall–Kier alpha value is -1.91. The minimum absolute atomic E-state index is 0.108.